The fraction of sp³-hybridized carbons (Fsp3) is 0.0952. The van der Waals surface area contributed by atoms with Crippen LogP contribution >= 0.6 is 11.8 Å². The van der Waals surface area contributed by atoms with Crippen LogP contribution in [0.4, 0.5) is 5.69 Å². The number of imide groups is 1. The number of carbonyl (C=O) groups excluding carboxylic acids is 3. The second kappa shape index (κ2) is 7.36. The minimum atomic E-state index is -0.435. The van der Waals surface area contributed by atoms with Gasteiger partial charge in [-0.2, -0.15) is 0 Å². The molecule has 3 amide bonds. The predicted molar refractivity (Wildman–Crippen MR) is 106 cm³/mol. The van der Waals surface area contributed by atoms with Crippen LogP contribution in [-0.4, -0.2) is 28.9 Å². The van der Waals surface area contributed by atoms with E-state index in [4.69, 9.17) is 4.42 Å². The average Bonchev–Trinajstić information content (AvgIpc) is 3.31. The van der Waals surface area contributed by atoms with Crippen molar-refractivity contribution in [3.63, 3.8) is 0 Å². The second-order valence-electron chi connectivity index (χ2n) is 6.22. The first kappa shape index (κ1) is 18.1. The van der Waals surface area contributed by atoms with E-state index in [9.17, 15) is 14.4 Å². The number of nitrogens with one attached hydrogen (secondary N) is 1. The smallest absolute Gasteiger partial charge is 0.261 e. The summed E-state index contributed by atoms with van der Waals surface area (Å²) in [4.78, 5) is 40.0. The standard InChI is InChI=1S/C21H16N2O4S/c1-28-16-6-2-4-14(11-16)22-19(24)13-7-8-17-18(10-13)21(26)23(20(17)25)12-15-5-3-9-27-15/h2-11H,12H2,1H3,(H,22,24). The minimum absolute atomic E-state index is 0.0579. The molecule has 4 rings (SSSR count). The van der Waals surface area contributed by atoms with E-state index in [-0.39, 0.29) is 23.6 Å². The molecule has 3 aromatic rings. The van der Waals surface area contributed by atoms with Gasteiger partial charge in [-0.05, 0) is 54.8 Å². The molecule has 2 aromatic carbocycles. The Labute approximate surface area is 165 Å². The maximum Gasteiger partial charge on any atom is 0.261 e. The van der Waals surface area contributed by atoms with E-state index in [1.54, 1.807) is 36.0 Å². The summed E-state index contributed by atoms with van der Waals surface area (Å²) in [6.07, 6.45) is 3.44. The van der Waals surface area contributed by atoms with E-state index in [1.807, 2.05) is 24.5 Å². The van der Waals surface area contributed by atoms with Crippen LogP contribution in [0, 0.1) is 0 Å². The van der Waals surface area contributed by atoms with Crippen molar-refractivity contribution in [2.24, 2.45) is 0 Å². The highest BCUT2D eigenvalue weighted by atomic mass is 32.2. The SMILES string of the molecule is CSc1cccc(NC(=O)c2ccc3c(c2)C(=O)N(Cc2ccco2)C3=O)c1. The lowest BCUT2D eigenvalue weighted by atomic mass is 10.1. The van der Waals surface area contributed by atoms with Crippen LogP contribution in [0.5, 0.6) is 0 Å². The third-order valence-electron chi connectivity index (χ3n) is 4.45. The summed E-state index contributed by atoms with van der Waals surface area (Å²) in [6.45, 7) is 0.0579. The molecule has 0 atom stereocenters. The summed E-state index contributed by atoms with van der Waals surface area (Å²) in [6, 6.07) is 15.4. The lowest BCUT2D eigenvalue weighted by molar-refractivity contribution is 0.0631. The average molecular weight is 392 g/mol. The summed E-state index contributed by atoms with van der Waals surface area (Å²) in [5, 5.41) is 2.82. The van der Waals surface area contributed by atoms with Crippen molar-refractivity contribution < 1.29 is 18.8 Å². The zero-order valence-electron chi connectivity index (χ0n) is 15.0. The monoisotopic (exact) mass is 392 g/mol. The van der Waals surface area contributed by atoms with Crippen molar-refractivity contribution in [2.45, 2.75) is 11.4 Å². The highest BCUT2D eigenvalue weighted by Crippen LogP contribution is 2.26. The van der Waals surface area contributed by atoms with Crippen LogP contribution in [0.1, 0.15) is 36.8 Å². The van der Waals surface area contributed by atoms with Crippen LogP contribution < -0.4 is 5.32 Å². The molecule has 0 aliphatic carbocycles. The van der Waals surface area contributed by atoms with Gasteiger partial charge in [-0.25, -0.2) is 0 Å². The van der Waals surface area contributed by atoms with Crippen molar-refractivity contribution in [1.29, 1.82) is 0 Å². The molecular weight excluding hydrogens is 376 g/mol. The number of hydrogen-bond donors (Lipinski definition) is 1. The number of thioether (sulfide) groups is 1. The molecule has 0 fully saturated rings. The van der Waals surface area contributed by atoms with E-state index in [1.165, 1.54) is 18.4 Å². The Morgan fingerprint density at radius 2 is 1.86 bits per heavy atom. The number of hydrogen-bond acceptors (Lipinski definition) is 5. The summed E-state index contributed by atoms with van der Waals surface area (Å²) in [7, 11) is 0. The van der Waals surface area contributed by atoms with Gasteiger partial charge in [0.25, 0.3) is 17.7 Å². The molecule has 28 heavy (non-hydrogen) atoms. The zero-order chi connectivity index (χ0) is 19.7. The van der Waals surface area contributed by atoms with Gasteiger partial charge < -0.3 is 9.73 Å². The summed E-state index contributed by atoms with van der Waals surface area (Å²) < 4.78 is 5.23. The van der Waals surface area contributed by atoms with E-state index < -0.39 is 11.8 Å². The Morgan fingerprint density at radius 1 is 1.04 bits per heavy atom. The predicted octanol–water partition coefficient (Wildman–Crippen LogP) is 4.05. The van der Waals surface area contributed by atoms with Gasteiger partial charge in [0.1, 0.15) is 5.76 Å². The van der Waals surface area contributed by atoms with Gasteiger partial charge in [-0.15, -0.1) is 11.8 Å². The topological polar surface area (TPSA) is 79.6 Å². The van der Waals surface area contributed by atoms with Crippen LogP contribution in [0.3, 0.4) is 0 Å². The molecule has 140 valence electrons. The summed E-state index contributed by atoms with van der Waals surface area (Å²) in [5.41, 5.74) is 1.49. The van der Waals surface area contributed by atoms with Crippen LogP contribution in [0.25, 0.3) is 0 Å². The van der Waals surface area contributed by atoms with Crippen LogP contribution in [0.15, 0.2) is 70.2 Å². The Morgan fingerprint density at radius 3 is 2.61 bits per heavy atom. The van der Waals surface area contributed by atoms with Crippen LogP contribution in [-0.2, 0) is 6.54 Å². The van der Waals surface area contributed by atoms with Crippen molar-refractivity contribution in [1.82, 2.24) is 4.90 Å². The molecule has 6 nitrogen and oxygen atoms in total. The van der Waals surface area contributed by atoms with Gasteiger partial charge in [0.05, 0.1) is 23.9 Å². The maximum absolute atomic E-state index is 12.7. The van der Waals surface area contributed by atoms with Crippen molar-refractivity contribution >= 4 is 35.2 Å². The van der Waals surface area contributed by atoms with Gasteiger partial charge in [0.15, 0.2) is 0 Å². The number of amides is 3. The number of carbonyl (C=O) groups is 3. The molecule has 2 heterocycles. The number of furan rings is 1. The molecule has 0 spiro atoms. The largest absolute Gasteiger partial charge is 0.467 e. The van der Waals surface area contributed by atoms with Crippen molar-refractivity contribution in [3.8, 4) is 0 Å². The first-order valence-corrected chi connectivity index (χ1v) is 9.77. The third-order valence-corrected chi connectivity index (χ3v) is 5.18. The molecule has 0 bridgehead atoms. The third kappa shape index (κ3) is 3.32. The molecule has 0 saturated heterocycles. The Hall–Kier alpha value is -3.32. The molecule has 7 heteroatoms. The molecule has 1 N–H and O–H groups in total. The van der Waals surface area contributed by atoms with Gasteiger partial charge in [-0.3, -0.25) is 19.3 Å². The van der Waals surface area contributed by atoms with Crippen LogP contribution in [0.2, 0.25) is 0 Å². The molecule has 1 aromatic heterocycles. The molecule has 1 aliphatic rings. The van der Waals surface area contributed by atoms with Gasteiger partial charge >= 0.3 is 0 Å². The zero-order valence-corrected chi connectivity index (χ0v) is 15.8. The van der Waals surface area contributed by atoms with E-state index in [0.717, 1.165) is 9.80 Å². The highest BCUT2D eigenvalue weighted by Gasteiger charge is 2.36. The maximum atomic E-state index is 12.7. The number of nitrogens with zero attached hydrogens (tertiary/aromatic N) is 1. The molecule has 1 aliphatic heterocycles. The van der Waals surface area contributed by atoms with Gasteiger partial charge in [0.2, 0.25) is 0 Å². The highest BCUT2D eigenvalue weighted by molar-refractivity contribution is 7.98. The number of fused-ring (bicyclic) bond motifs is 1. The van der Waals surface area contributed by atoms with E-state index in [0.29, 0.717) is 17.0 Å². The Bertz CT molecular complexity index is 1080. The molecular formula is C21H16N2O4S. The lowest BCUT2D eigenvalue weighted by Gasteiger charge is -2.11. The fourth-order valence-corrected chi connectivity index (χ4v) is 3.50. The van der Waals surface area contributed by atoms with Crippen molar-refractivity contribution in [3.05, 3.63) is 83.3 Å². The van der Waals surface area contributed by atoms with Gasteiger partial charge in [-0.1, -0.05) is 6.07 Å². The van der Waals surface area contributed by atoms with E-state index >= 15 is 0 Å². The second-order valence-corrected chi connectivity index (χ2v) is 7.10. The number of benzene rings is 2. The first-order valence-electron chi connectivity index (χ1n) is 8.55. The number of anilines is 1. The summed E-state index contributed by atoms with van der Waals surface area (Å²) >= 11 is 1.58. The Kier molecular flexibility index (Phi) is 4.75. The quantitative estimate of drug-likeness (QED) is 0.523. The normalized spacial score (nSPS) is 13.0. The fourth-order valence-electron chi connectivity index (χ4n) is 3.04. The molecule has 0 radical (unpaired) electrons. The van der Waals surface area contributed by atoms with Gasteiger partial charge in [0, 0.05) is 16.1 Å². The Balaban J connectivity index is 1.56. The molecule has 0 saturated carbocycles. The summed E-state index contributed by atoms with van der Waals surface area (Å²) in [5.74, 6) is -0.654. The first-order chi connectivity index (χ1) is 13.6. The lowest BCUT2D eigenvalue weighted by Crippen LogP contribution is -2.28. The van der Waals surface area contributed by atoms with E-state index in [2.05, 4.69) is 5.32 Å². The number of rotatable bonds is 5. The van der Waals surface area contributed by atoms with Crippen molar-refractivity contribution in [2.75, 3.05) is 11.6 Å². The minimum Gasteiger partial charge on any atom is -0.467 e. The molecule has 0 unspecified atom stereocenters.